The summed E-state index contributed by atoms with van der Waals surface area (Å²) >= 11 is 0. The molecule has 0 fully saturated rings. The molecule has 1 aromatic heterocycles. The van der Waals surface area contributed by atoms with Crippen LogP contribution in [0.4, 0.5) is 0 Å². The first-order chi connectivity index (χ1) is 6.16. The summed E-state index contributed by atoms with van der Waals surface area (Å²) in [7, 11) is 0. The van der Waals surface area contributed by atoms with Gasteiger partial charge < -0.3 is 0 Å². The van der Waals surface area contributed by atoms with E-state index >= 15 is 0 Å². The van der Waals surface area contributed by atoms with E-state index in [1.807, 2.05) is 19.1 Å². The number of benzene rings is 1. The van der Waals surface area contributed by atoms with Crippen molar-refractivity contribution in [1.82, 2.24) is 4.98 Å². The van der Waals surface area contributed by atoms with Crippen LogP contribution in [0.15, 0.2) is 24.3 Å². The average molecular weight is 259 g/mol. The van der Waals surface area contributed by atoms with Gasteiger partial charge in [-0.15, -0.1) is 0 Å². The van der Waals surface area contributed by atoms with E-state index in [2.05, 4.69) is 31.0 Å². The Balaban J connectivity index is 0.000000980. The predicted molar refractivity (Wildman–Crippen MR) is 55.7 cm³/mol. The van der Waals surface area contributed by atoms with Crippen molar-refractivity contribution >= 4 is 10.9 Å². The summed E-state index contributed by atoms with van der Waals surface area (Å²) in [4.78, 5) is 4.49. The van der Waals surface area contributed by atoms with Gasteiger partial charge in [0, 0.05) is 43.9 Å². The van der Waals surface area contributed by atoms with Crippen LogP contribution in [0.2, 0.25) is 0 Å². The number of pyridine rings is 1. The Labute approximate surface area is 110 Å². The van der Waals surface area contributed by atoms with Crippen LogP contribution in [0.3, 0.4) is 0 Å². The number of hydrogen-bond donors (Lipinski definition) is 0. The smallest absolute Gasteiger partial charge is 0.0463 e. The van der Waals surface area contributed by atoms with E-state index in [9.17, 15) is 0 Å². The third-order valence-corrected chi connectivity index (χ3v) is 2.32. The van der Waals surface area contributed by atoms with E-state index in [0.29, 0.717) is 0 Å². The third kappa shape index (κ3) is 2.16. The molecule has 69 valence electrons. The zero-order valence-corrected chi connectivity index (χ0v) is 11.4. The molecule has 0 aliphatic rings. The molecule has 2 aromatic rings. The molecule has 1 radical (unpaired) electrons. The van der Waals surface area contributed by atoms with Crippen molar-refractivity contribution < 1.29 is 32.7 Å². The van der Waals surface area contributed by atoms with Crippen molar-refractivity contribution in [3.63, 3.8) is 0 Å². The van der Waals surface area contributed by atoms with Crippen molar-refractivity contribution in [2.24, 2.45) is 0 Å². The number of aryl methyl sites for hydroxylation is 2. The van der Waals surface area contributed by atoms with Crippen LogP contribution in [-0.4, -0.2) is 4.98 Å². The van der Waals surface area contributed by atoms with E-state index < -0.39 is 0 Å². The monoisotopic (exact) mass is 259 g/mol. The van der Waals surface area contributed by atoms with Crippen molar-refractivity contribution in [3.05, 3.63) is 48.0 Å². The van der Waals surface area contributed by atoms with Crippen LogP contribution in [0.25, 0.3) is 10.9 Å². The molecule has 1 aromatic carbocycles. The Morgan fingerprint density at radius 3 is 2.57 bits per heavy atom. The van der Waals surface area contributed by atoms with Crippen LogP contribution in [0, 0.1) is 20.8 Å². The molecule has 1 heterocycles. The summed E-state index contributed by atoms with van der Waals surface area (Å²) in [6.07, 6.45) is 0. The Kier molecular flexibility index (Phi) is 3.68. The molecule has 0 unspecified atom stereocenters. The summed E-state index contributed by atoms with van der Waals surface area (Å²) in [6, 6.07) is 8.23. The second kappa shape index (κ2) is 4.42. The van der Waals surface area contributed by atoms with E-state index in [1.165, 1.54) is 10.9 Å². The van der Waals surface area contributed by atoms with Crippen LogP contribution in [-0.2, 0) is 32.7 Å². The molecule has 2 heteroatoms. The molecule has 1 nitrogen and oxygen atoms in total. The van der Waals surface area contributed by atoms with Gasteiger partial charge in [0.1, 0.15) is 0 Å². The van der Waals surface area contributed by atoms with Gasteiger partial charge in [-0.1, -0.05) is 17.5 Å². The standard InChI is InChI=1S/C12H12N.Y/c1-8-4-5-12-11(6-8)7-9(2)10(3)13-12;/h4-7H,1H2,2-3H3;/q-1;. The van der Waals surface area contributed by atoms with Gasteiger partial charge in [-0.2, -0.15) is 24.6 Å². The molecular weight excluding hydrogens is 247 g/mol. The van der Waals surface area contributed by atoms with Crippen LogP contribution in [0.1, 0.15) is 16.8 Å². The largest absolute Gasteiger partial charge is 0.255 e. The summed E-state index contributed by atoms with van der Waals surface area (Å²) in [5, 5.41) is 1.18. The molecule has 0 saturated heterocycles. The molecule has 0 aliphatic carbocycles. The first kappa shape index (κ1) is 11.7. The van der Waals surface area contributed by atoms with Crippen molar-refractivity contribution in [3.8, 4) is 0 Å². The van der Waals surface area contributed by atoms with Crippen molar-refractivity contribution in [1.29, 1.82) is 0 Å². The summed E-state index contributed by atoms with van der Waals surface area (Å²) in [5.41, 5.74) is 4.43. The van der Waals surface area contributed by atoms with Crippen molar-refractivity contribution in [2.75, 3.05) is 0 Å². The topological polar surface area (TPSA) is 12.9 Å². The molecule has 0 saturated carbocycles. The first-order valence-electron chi connectivity index (χ1n) is 4.37. The molecule has 0 spiro atoms. The number of fused-ring (bicyclic) bond motifs is 1. The Hall–Kier alpha value is -0.396. The van der Waals surface area contributed by atoms with E-state index in [1.54, 1.807) is 0 Å². The minimum atomic E-state index is 0. The van der Waals surface area contributed by atoms with Crippen LogP contribution in [0.5, 0.6) is 0 Å². The number of aromatic nitrogens is 1. The number of hydrogen-bond acceptors (Lipinski definition) is 1. The van der Waals surface area contributed by atoms with Gasteiger partial charge in [-0.3, -0.25) is 4.98 Å². The van der Waals surface area contributed by atoms with Gasteiger partial charge in [0.2, 0.25) is 0 Å². The SMILES string of the molecule is [CH2-]c1ccc2nc(C)c(C)cc2c1.[Y]. The Morgan fingerprint density at radius 1 is 1.14 bits per heavy atom. The van der Waals surface area contributed by atoms with Gasteiger partial charge >= 0.3 is 0 Å². The molecule has 0 N–H and O–H groups in total. The van der Waals surface area contributed by atoms with Crippen LogP contribution >= 0.6 is 0 Å². The summed E-state index contributed by atoms with van der Waals surface area (Å²) in [6.45, 7) is 8.01. The van der Waals surface area contributed by atoms with E-state index in [-0.39, 0.29) is 32.7 Å². The van der Waals surface area contributed by atoms with Crippen molar-refractivity contribution in [2.45, 2.75) is 13.8 Å². The minimum Gasteiger partial charge on any atom is -0.255 e. The summed E-state index contributed by atoms with van der Waals surface area (Å²) < 4.78 is 0. The number of nitrogens with zero attached hydrogens (tertiary/aromatic N) is 1. The molecule has 0 amide bonds. The fourth-order valence-electron chi connectivity index (χ4n) is 1.43. The van der Waals surface area contributed by atoms with Gasteiger partial charge in [-0.05, 0) is 19.4 Å². The molecule has 2 rings (SSSR count). The van der Waals surface area contributed by atoms with E-state index in [0.717, 1.165) is 16.8 Å². The second-order valence-corrected chi connectivity index (χ2v) is 3.42. The minimum absolute atomic E-state index is 0. The van der Waals surface area contributed by atoms with E-state index in [4.69, 9.17) is 0 Å². The maximum atomic E-state index is 4.49. The van der Waals surface area contributed by atoms with Gasteiger partial charge in [0.05, 0.1) is 0 Å². The maximum Gasteiger partial charge on any atom is 0.0463 e. The third-order valence-electron chi connectivity index (χ3n) is 2.32. The zero-order chi connectivity index (χ0) is 9.42. The van der Waals surface area contributed by atoms with Gasteiger partial charge in [0.15, 0.2) is 0 Å². The molecule has 14 heavy (non-hydrogen) atoms. The van der Waals surface area contributed by atoms with Gasteiger partial charge in [0.25, 0.3) is 0 Å². The molecule has 0 bridgehead atoms. The summed E-state index contributed by atoms with van der Waals surface area (Å²) in [5.74, 6) is 0. The maximum absolute atomic E-state index is 4.49. The average Bonchev–Trinajstić information content (AvgIpc) is 2.08. The van der Waals surface area contributed by atoms with Gasteiger partial charge in [-0.25, -0.2) is 0 Å². The molecule has 0 aliphatic heterocycles. The predicted octanol–water partition coefficient (Wildman–Crippen LogP) is 3.03. The first-order valence-corrected chi connectivity index (χ1v) is 4.37. The Bertz CT molecular complexity index is 463. The quantitative estimate of drug-likeness (QED) is 0.663. The number of rotatable bonds is 0. The zero-order valence-electron chi connectivity index (χ0n) is 8.54. The molecular formula is C12H12NY-. The fraction of sp³-hybridized carbons (Fsp3) is 0.167. The van der Waals surface area contributed by atoms with Crippen LogP contribution < -0.4 is 0 Å². The Morgan fingerprint density at radius 2 is 1.86 bits per heavy atom. The fourth-order valence-corrected chi connectivity index (χ4v) is 1.43. The molecule has 0 atom stereocenters. The normalized spacial score (nSPS) is 9.86. The second-order valence-electron chi connectivity index (χ2n) is 3.42.